The number of hydrogen-bond acceptors (Lipinski definition) is 6. The number of ether oxygens (including phenoxy) is 3. The normalized spacial score (nSPS) is 9.81. The summed E-state index contributed by atoms with van der Waals surface area (Å²) in [4.78, 5) is 25.4. The number of nitrogens with zero attached hydrogens (tertiary/aromatic N) is 2. The van der Waals surface area contributed by atoms with Crippen molar-refractivity contribution in [2.45, 2.75) is 6.54 Å². The predicted molar refractivity (Wildman–Crippen MR) is 97.1 cm³/mol. The number of esters is 1. The number of carbonyl (C=O) groups excluding carboxylic acids is 2. The molecule has 0 spiro atoms. The molecule has 2 aromatic rings. The van der Waals surface area contributed by atoms with Crippen LogP contribution in [0, 0.1) is 11.3 Å². The minimum absolute atomic E-state index is 0.288. The van der Waals surface area contributed by atoms with E-state index in [0.717, 1.165) is 5.56 Å². The molecule has 0 bridgehead atoms. The van der Waals surface area contributed by atoms with Crippen LogP contribution >= 0.6 is 0 Å². The van der Waals surface area contributed by atoms with Crippen LogP contribution in [0.25, 0.3) is 0 Å². The highest BCUT2D eigenvalue weighted by molar-refractivity contribution is 5.81. The molecule has 27 heavy (non-hydrogen) atoms. The second-order valence-electron chi connectivity index (χ2n) is 5.62. The van der Waals surface area contributed by atoms with E-state index in [0.29, 0.717) is 17.9 Å². The monoisotopic (exact) mass is 368 g/mol. The maximum absolute atomic E-state index is 12.2. The van der Waals surface area contributed by atoms with Gasteiger partial charge in [0.15, 0.2) is 13.2 Å². The van der Waals surface area contributed by atoms with Crippen LogP contribution in [0.4, 0.5) is 0 Å². The Morgan fingerprint density at radius 3 is 2.41 bits per heavy atom. The zero-order valence-electron chi connectivity index (χ0n) is 15.2. The van der Waals surface area contributed by atoms with Gasteiger partial charge in [-0.15, -0.1) is 0 Å². The molecule has 140 valence electrons. The van der Waals surface area contributed by atoms with Crippen LogP contribution in [0.3, 0.4) is 0 Å². The zero-order valence-corrected chi connectivity index (χ0v) is 15.2. The van der Waals surface area contributed by atoms with Gasteiger partial charge in [0.05, 0.1) is 12.7 Å². The number of nitriles is 1. The molecule has 1 amide bonds. The van der Waals surface area contributed by atoms with Crippen molar-refractivity contribution in [2.75, 3.05) is 27.4 Å². The lowest BCUT2D eigenvalue weighted by Gasteiger charge is -2.18. The van der Waals surface area contributed by atoms with E-state index in [2.05, 4.69) is 0 Å². The summed E-state index contributed by atoms with van der Waals surface area (Å²) in [5.41, 5.74) is 1.16. The summed E-state index contributed by atoms with van der Waals surface area (Å²) in [6.45, 7) is -0.456. The van der Waals surface area contributed by atoms with E-state index in [1.54, 1.807) is 38.4 Å². The van der Waals surface area contributed by atoms with Gasteiger partial charge in [-0.1, -0.05) is 30.3 Å². The van der Waals surface area contributed by atoms with Crippen molar-refractivity contribution in [2.24, 2.45) is 0 Å². The fourth-order valence-electron chi connectivity index (χ4n) is 2.29. The molecular formula is C20H20N2O5. The summed E-state index contributed by atoms with van der Waals surface area (Å²) in [6, 6.07) is 15.9. The molecule has 0 aliphatic heterocycles. The number of likely N-dealkylation sites (N-methyl/N-ethyl adjacent to an activating group) is 1. The van der Waals surface area contributed by atoms with Crippen LogP contribution in [0.15, 0.2) is 48.5 Å². The fourth-order valence-corrected chi connectivity index (χ4v) is 2.29. The number of benzene rings is 2. The minimum Gasteiger partial charge on any atom is -0.496 e. The lowest BCUT2D eigenvalue weighted by molar-refractivity contribution is -0.153. The summed E-state index contributed by atoms with van der Waals surface area (Å²) >= 11 is 0. The summed E-state index contributed by atoms with van der Waals surface area (Å²) in [7, 11) is 3.18. The average Bonchev–Trinajstić information content (AvgIpc) is 2.70. The number of rotatable bonds is 8. The van der Waals surface area contributed by atoms with Gasteiger partial charge < -0.3 is 19.1 Å². The second kappa shape index (κ2) is 9.82. The van der Waals surface area contributed by atoms with Crippen LogP contribution in [0.2, 0.25) is 0 Å². The first-order chi connectivity index (χ1) is 13.0. The number of carbonyl (C=O) groups is 2. The van der Waals surface area contributed by atoms with Gasteiger partial charge in [0.1, 0.15) is 17.6 Å². The molecule has 0 saturated carbocycles. The van der Waals surface area contributed by atoms with E-state index in [9.17, 15) is 9.59 Å². The Morgan fingerprint density at radius 2 is 1.70 bits per heavy atom. The lowest BCUT2D eigenvalue weighted by Crippen LogP contribution is -2.31. The Bertz CT molecular complexity index is 844. The van der Waals surface area contributed by atoms with Gasteiger partial charge in [-0.3, -0.25) is 4.79 Å². The van der Waals surface area contributed by atoms with E-state index in [1.807, 2.05) is 30.3 Å². The molecule has 0 aliphatic rings. The first kappa shape index (κ1) is 19.8. The van der Waals surface area contributed by atoms with E-state index in [4.69, 9.17) is 19.5 Å². The number of hydrogen-bond donors (Lipinski definition) is 0. The number of para-hydroxylation sites is 2. The highest BCUT2D eigenvalue weighted by Crippen LogP contribution is 2.19. The maximum atomic E-state index is 12.2. The van der Waals surface area contributed by atoms with Gasteiger partial charge in [-0.2, -0.15) is 5.26 Å². The maximum Gasteiger partial charge on any atom is 0.344 e. The van der Waals surface area contributed by atoms with Crippen molar-refractivity contribution in [3.8, 4) is 17.6 Å². The molecule has 0 N–H and O–H groups in total. The molecule has 0 fully saturated rings. The number of methoxy groups -OCH3 is 1. The number of amides is 1. The standard InChI is InChI=1S/C20H20N2O5/c1-22(12-16-8-4-5-9-17(16)25-2)19(23)13-27-20(24)14-26-18-10-6-3-7-15(18)11-21/h3-10H,12-14H2,1-2H3. The topological polar surface area (TPSA) is 88.9 Å². The fraction of sp³-hybridized carbons (Fsp3) is 0.250. The van der Waals surface area contributed by atoms with Gasteiger partial charge in [-0.05, 0) is 18.2 Å². The quantitative estimate of drug-likeness (QED) is 0.664. The summed E-state index contributed by atoms with van der Waals surface area (Å²) in [6.07, 6.45) is 0. The first-order valence-corrected chi connectivity index (χ1v) is 8.18. The second-order valence-corrected chi connectivity index (χ2v) is 5.62. The summed E-state index contributed by atoms with van der Waals surface area (Å²) in [5.74, 6) is -0.0799. The molecule has 0 aromatic heterocycles. The average molecular weight is 368 g/mol. The van der Waals surface area contributed by atoms with Crippen molar-refractivity contribution in [3.63, 3.8) is 0 Å². The van der Waals surface area contributed by atoms with Crippen LogP contribution in [0.5, 0.6) is 11.5 Å². The van der Waals surface area contributed by atoms with Crippen LogP contribution in [-0.4, -0.2) is 44.1 Å². The van der Waals surface area contributed by atoms with Crippen molar-refractivity contribution in [3.05, 3.63) is 59.7 Å². The van der Waals surface area contributed by atoms with Gasteiger partial charge in [-0.25, -0.2) is 4.79 Å². The largest absolute Gasteiger partial charge is 0.496 e. The molecule has 2 rings (SSSR count). The minimum atomic E-state index is -0.693. The Kier molecular flexibility index (Phi) is 7.20. The van der Waals surface area contributed by atoms with E-state index >= 15 is 0 Å². The molecule has 0 radical (unpaired) electrons. The Balaban J connectivity index is 1.80. The van der Waals surface area contributed by atoms with Crippen molar-refractivity contribution < 1.29 is 23.8 Å². The predicted octanol–water partition coefficient (Wildman–Crippen LogP) is 2.15. The van der Waals surface area contributed by atoms with Gasteiger partial charge in [0.2, 0.25) is 0 Å². The molecule has 0 saturated heterocycles. The van der Waals surface area contributed by atoms with Crippen LogP contribution in [-0.2, 0) is 20.9 Å². The Morgan fingerprint density at radius 1 is 1.04 bits per heavy atom. The van der Waals surface area contributed by atoms with E-state index in [-0.39, 0.29) is 18.3 Å². The summed E-state index contributed by atoms with van der Waals surface area (Å²) in [5, 5.41) is 8.97. The third-order valence-corrected chi connectivity index (χ3v) is 3.74. The molecule has 2 aromatic carbocycles. The first-order valence-electron chi connectivity index (χ1n) is 8.18. The molecule has 0 unspecified atom stereocenters. The van der Waals surface area contributed by atoms with E-state index in [1.165, 1.54) is 4.90 Å². The molecule has 0 atom stereocenters. The molecule has 7 heteroatoms. The van der Waals surface area contributed by atoms with E-state index < -0.39 is 12.6 Å². The van der Waals surface area contributed by atoms with Crippen LogP contribution < -0.4 is 9.47 Å². The summed E-state index contributed by atoms with van der Waals surface area (Å²) < 4.78 is 15.5. The van der Waals surface area contributed by atoms with Crippen LogP contribution in [0.1, 0.15) is 11.1 Å². The zero-order chi connectivity index (χ0) is 19.6. The molecule has 0 heterocycles. The Hall–Kier alpha value is -3.53. The van der Waals surface area contributed by atoms with Gasteiger partial charge >= 0.3 is 5.97 Å². The Labute approximate surface area is 157 Å². The molecule has 7 nitrogen and oxygen atoms in total. The smallest absolute Gasteiger partial charge is 0.344 e. The molecule has 0 aliphatic carbocycles. The highest BCUT2D eigenvalue weighted by Gasteiger charge is 2.15. The third kappa shape index (κ3) is 5.75. The SMILES string of the molecule is COc1ccccc1CN(C)C(=O)COC(=O)COc1ccccc1C#N. The van der Waals surface area contributed by atoms with Gasteiger partial charge in [0, 0.05) is 19.2 Å². The highest BCUT2D eigenvalue weighted by atomic mass is 16.6. The molecular weight excluding hydrogens is 348 g/mol. The lowest BCUT2D eigenvalue weighted by atomic mass is 10.2. The third-order valence-electron chi connectivity index (χ3n) is 3.74. The van der Waals surface area contributed by atoms with Crippen molar-refractivity contribution in [1.29, 1.82) is 5.26 Å². The van der Waals surface area contributed by atoms with Crippen molar-refractivity contribution >= 4 is 11.9 Å². The van der Waals surface area contributed by atoms with Crippen molar-refractivity contribution in [1.82, 2.24) is 4.90 Å². The van der Waals surface area contributed by atoms with Gasteiger partial charge in [0.25, 0.3) is 5.91 Å².